The van der Waals surface area contributed by atoms with Gasteiger partial charge in [-0.05, 0) is 55.7 Å². The van der Waals surface area contributed by atoms with E-state index in [4.69, 9.17) is 4.74 Å². The molecular formula is C26H28N2O3. The SMILES string of the molecule is CCC(C)NC(=O)c1ccccc1NC(=O)C(C)Oc1ccc(-c2ccccc2)cc1. The lowest BCUT2D eigenvalue weighted by molar-refractivity contribution is -0.122. The Balaban J connectivity index is 1.64. The number of carbonyl (C=O) groups excluding carboxylic acids is 2. The summed E-state index contributed by atoms with van der Waals surface area (Å²) in [6, 6.07) is 24.7. The van der Waals surface area contributed by atoms with Gasteiger partial charge in [0.2, 0.25) is 0 Å². The minimum atomic E-state index is -0.728. The van der Waals surface area contributed by atoms with Crippen LogP contribution in [0.5, 0.6) is 5.75 Å². The lowest BCUT2D eigenvalue weighted by atomic mass is 10.1. The molecule has 0 aromatic heterocycles. The summed E-state index contributed by atoms with van der Waals surface area (Å²) in [6.07, 6.45) is 0.0991. The largest absolute Gasteiger partial charge is 0.481 e. The number of rotatable bonds is 8. The molecule has 2 atom stereocenters. The van der Waals surface area contributed by atoms with Crippen LogP contribution in [0.25, 0.3) is 11.1 Å². The summed E-state index contributed by atoms with van der Waals surface area (Å²) in [5.41, 5.74) is 3.08. The van der Waals surface area contributed by atoms with Crippen LogP contribution in [-0.4, -0.2) is 24.0 Å². The van der Waals surface area contributed by atoms with Crippen molar-refractivity contribution in [2.75, 3.05) is 5.32 Å². The summed E-state index contributed by atoms with van der Waals surface area (Å²) < 4.78 is 5.81. The highest BCUT2D eigenvalue weighted by atomic mass is 16.5. The van der Waals surface area contributed by atoms with Gasteiger partial charge in [-0.2, -0.15) is 0 Å². The van der Waals surface area contributed by atoms with E-state index in [1.807, 2.05) is 68.4 Å². The second kappa shape index (κ2) is 10.4. The summed E-state index contributed by atoms with van der Waals surface area (Å²) in [4.78, 5) is 25.2. The van der Waals surface area contributed by atoms with E-state index < -0.39 is 6.10 Å². The Bertz CT molecular complexity index is 1020. The average molecular weight is 417 g/mol. The number of hydrogen-bond donors (Lipinski definition) is 2. The molecule has 5 nitrogen and oxygen atoms in total. The summed E-state index contributed by atoms with van der Waals surface area (Å²) in [6.45, 7) is 5.63. The monoisotopic (exact) mass is 416 g/mol. The highest BCUT2D eigenvalue weighted by Gasteiger charge is 2.19. The zero-order valence-electron chi connectivity index (χ0n) is 18.1. The topological polar surface area (TPSA) is 67.4 Å². The van der Waals surface area contributed by atoms with Gasteiger partial charge in [0.15, 0.2) is 6.10 Å². The second-order valence-corrected chi connectivity index (χ2v) is 7.47. The third-order valence-electron chi connectivity index (χ3n) is 5.06. The molecule has 0 fully saturated rings. The Morgan fingerprint density at radius 2 is 1.45 bits per heavy atom. The molecule has 3 aromatic rings. The van der Waals surface area contributed by atoms with Gasteiger partial charge in [-0.1, -0.05) is 61.5 Å². The van der Waals surface area contributed by atoms with E-state index in [9.17, 15) is 9.59 Å². The molecule has 2 amide bonds. The predicted octanol–water partition coefficient (Wildman–Crippen LogP) is 5.29. The van der Waals surface area contributed by atoms with Crippen LogP contribution in [0.2, 0.25) is 0 Å². The minimum Gasteiger partial charge on any atom is -0.481 e. The van der Waals surface area contributed by atoms with E-state index in [1.54, 1.807) is 31.2 Å². The van der Waals surface area contributed by atoms with E-state index >= 15 is 0 Å². The number of hydrogen-bond acceptors (Lipinski definition) is 3. The number of amides is 2. The Labute approximate surface area is 183 Å². The average Bonchev–Trinajstić information content (AvgIpc) is 2.80. The quantitative estimate of drug-likeness (QED) is 0.524. The summed E-state index contributed by atoms with van der Waals surface area (Å²) in [7, 11) is 0. The van der Waals surface area contributed by atoms with Gasteiger partial charge in [0.1, 0.15) is 5.75 Å². The molecule has 0 aliphatic rings. The zero-order chi connectivity index (χ0) is 22.2. The molecule has 3 aromatic carbocycles. The smallest absolute Gasteiger partial charge is 0.265 e. The second-order valence-electron chi connectivity index (χ2n) is 7.47. The highest BCUT2D eigenvalue weighted by molar-refractivity contribution is 6.04. The normalized spacial score (nSPS) is 12.5. The van der Waals surface area contributed by atoms with Crippen molar-refractivity contribution in [3.63, 3.8) is 0 Å². The number of ether oxygens (including phenoxy) is 1. The van der Waals surface area contributed by atoms with Gasteiger partial charge in [-0.15, -0.1) is 0 Å². The first-order valence-electron chi connectivity index (χ1n) is 10.5. The van der Waals surface area contributed by atoms with E-state index in [0.29, 0.717) is 17.0 Å². The van der Waals surface area contributed by atoms with Gasteiger partial charge in [0, 0.05) is 6.04 Å². The molecule has 0 bridgehead atoms. The highest BCUT2D eigenvalue weighted by Crippen LogP contribution is 2.23. The van der Waals surface area contributed by atoms with Gasteiger partial charge in [-0.25, -0.2) is 0 Å². The Kier molecular flexibility index (Phi) is 7.44. The summed E-state index contributed by atoms with van der Waals surface area (Å²) in [5.74, 6) is 0.0661. The molecule has 0 saturated carbocycles. The molecule has 0 aliphatic carbocycles. The van der Waals surface area contributed by atoms with Gasteiger partial charge in [0.25, 0.3) is 11.8 Å². The van der Waals surface area contributed by atoms with Gasteiger partial charge >= 0.3 is 0 Å². The number of carbonyl (C=O) groups is 2. The standard InChI is InChI=1S/C26H28N2O3/c1-4-18(2)27-26(30)23-12-8-9-13-24(23)28-25(29)19(3)31-22-16-14-21(15-17-22)20-10-6-5-7-11-20/h5-19H,4H2,1-3H3,(H,27,30)(H,28,29). The molecule has 0 radical (unpaired) electrons. The molecule has 5 heteroatoms. The number of nitrogens with one attached hydrogen (secondary N) is 2. The summed E-state index contributed by atoms with van der Waals surface area (Å²) in [5, 5.41) is 5.74. The predicted molar refractivity (Wildman–Crippen MR) is 124 cm³/mol. The molecule has 0 heterocycles. The van der Waals surface area contributed by atoms with Crippen LogP contribution in [0.1, 0.15) is 37.6 Å². The third kappa shape index (κ3) is 5.95. The maximum atomic E-state index is 12.7. The van der Waals surface area contributed by atoms with Crippen LogP contribution < -0.4 is 15.4 Å². The first-order valence-corrected chi connectivity index (χ1v) is 10.5. The number of benzene rings is 3. The number of anilines is 1. The Morgan fingerprint density at radius 3 is 2.13 bits per heavy atom. The van der Waals surface area contributed by atoms with Crippen molar-refractivity contribution in [1.82, 2.24) is 5.32 Å². The molecule has 2 unspecified atom stereocenters. The lowest BCUT2D eigenvalue weighted by Gasteiger charge is -2.17. The van der Waals surface area contributed by atoms with Gasteiger partial charge < -0.3 is 15.4 Å². The van der Waals surface area contributed by atoms with Crippen molar-refractivity contribution < 1.29 is 14.3 Å². The van der Waals surface area contributed by atoms with E-state index in [0.717, 1.165) is 17.5 Å². The van der Waals surface area contributed by atoms with Crippen molar-refractivity contribution >= 4 is 17.5 Å². The molecule has 160 valence electrons. The molecule has 0 saturated heterocycles. The molecule has 2 N–H and O–H groups in total. The van der Waals surface area contributed by atoms with Crippen molar-refractivity contribution in [2.24, 2.45) is 0 Å². The lowest BCUT2D eigenvalue weighted by Crippen LogP contribution is -2.34. The Hall–Kier alpha value is -3.60. The van der Waals surface area contributed by atoms with Gasteiger partial charge in [0.05, 0.1) is 11.3 Å². The van der Waals surface area contributed by atoms with E-state index in [2.05, 4.69) is 10.6 Å². The van der Waals surface area contributed by atoms with E-state index in [1.165, 1.54) is 0 Å². The minimum absolute atomic E-state index is 0.0531. The molecule has 3 rings (SSSR count). The maximum absolute atomic E-state index is 12.7. The van der Waals surface area contributed by atoms with Crippen molar-refractivity contribution in [2.45, 2.75) is 39.3 Å². The molecule has 0 spiro atoms. The fourth-order valence-corrected chi connectivity index (χ4v) is 3.04. The molecule has 0 aliphatic heterocycles. The zero-order valence-corrected chi connectivity index (χ0v) is 18.1. The fourth-order valence-electron chi connectivity index (χ4n) is 3.04. The fraction of sp³-hybridized carbons (Fsp3) is 0.231. The van der Waals surface area contributed by atoms with Crippen LogP contribution in [0, 0.1) is 0 Å². The van der Waals surface area contributed by atoms with Crippen LogP contribution in [0.3, 0.4) is 0 Å². The van der Waals surface area contributed by atoms with Crippen molar-refractivity contribution in [1.29, 1.82) is 0 Å². The third-order valence-corrected chi connectivity index (χ3v) is 5.06. The van der Waals surface area contributed by atoms with Crippen molar-refractivity contribution in [3.8, 4) is 16.9 Å². The molecular weight excluding hydrogens is 388 g/mol. The van der Waals surface area contributed by atoms with Crippen LogP contribution >= 0.6 is 0 Å². The van der Waals surface area contributed by atoms with E-state index in [-0.39, 0.29) is 17.9 Å². The Morgan fingerprint density at radius 1 is 0.839 bits per heavy atom. The summed E-state index contributed by atoms with van der Waals surface area (Å²) >= 11 is 0. The van der Waals surface area contributed by atoms with Crippen LogP contribution in [0.15, 0.2) is 78.9 Å². The maximum Gasteiger partial charge on any atom is 0.265 e. The van der Waals surface area contributed by atoms with Crippen LogP contribution in [-0.2, 0) is 4.79 Å². The first kappa shape index (κ1) is 22.1. The first-order chi connectivity index (χ1) is 15.0. The van der Waals surface area contributed by atoms with Gasteiger partial charge in [-0.3, -0.25) is 9.59 Å². The number of para-hydroxylation sites is 1. The van der Waals surface area contributed by atoms with Crippen LogP contribution in [0.4, 0.5) is 5.69 Å². The molecule has 31 heavy (non-hydrogen) atoms. The van der Waals surface area contributed by atoms with Crippen molar-refractivity contribution in [3.05, 3.63) is 84.4 Å².